The third-order valence-electron chi connectivity index (χ3n) is 4.25. The van der Waals surface area contributed by atoms with Gasteiger partial charge in [0.15, 0.2) is 0 Å². The van der Waals surface area contributed by atoms with Crippen LogP contribution in [0.2, 0.25) is 0 Å². The molecule has 0 aliphatic rings. The van der Waals surface area contributed by atoms with Gasteiger partial charge in [0.2, 0.25) is 0 Å². The van der Waals surface area contributed by atoms with Crippen LogP contribution in [0.15, 0.2) is 72.1 Å². The Balaban J connectivity index is 1.47. The van der Waals surface area contributed by atoms with Crippen LogP contribution in [0.4, 0.5) is 5.69 Å². The molecule has 0 spiro atoms. The molecule has 4 rings (SSSR count). The summed E-state index contributed by atoms with van der Waals surface area (Å²) in [5, 5.41) is 22.7. The van der Waals surface area contributed by atoms with Crippen molar-refractivity contribution in [2.45, 2.75) is 0 Å². The van der Waals surface area contributed by atoms with Gasteiger partial charge in [0.1, 0.15) is 17.0 Å². The number of halogens is 1. The number of hydrogen-bond acceptors (Lipinski definition) is 5. The number of aromatic hydroxyl groups is 1. The summed E-state index contributed by atoms with van der Waals surface area (Å²) in [5.74, 6) is -1.47. The Labute approximate surface area is 179 Å². The van der Waals surface area contributed by atoms with E-state index in [1.54, 1.807) is 6.07 Å². The van der Waals surface area contributed by atoms with Gasteiger partial charge in [0, 0.05) is 21.5 Å². The van der Waals surface area contributed by atoms with Crippen molar-refractivity contribution in [1.29, 1.82) is 0 Å². The highest BCUT2D eigenvalue weighted by molar-refractivity contribution is 14.1. The van der Waals surface area contributed by atoms with Crippen LogP contribution in [0.5, 0.6) is 5.75 Å². The fourth-order valence-corrected chi connectivity index (χ4v) is 3.29. The molecule has 0 amide bonds. The maximum Gasteiger partial charge on any atom is 0.339 e. The van der Waals surface area contributed by atoms with Crippen molar-refractivity contribution >= 4 is 46.1 Å². The van der Waals surface area contributed by atoms with Crippen LogP contribution in [0.1, 0.15) is 15.9 Å². The number of aromatic nitrogens is 2. The topological polar surface area (TPSA) is 99.2 Å². The minimum Gasteiger partial charge on any atom is -0.507 e. The maximum atomic E-state index is 11.1. The molecule has 0 atom stereocenters. The van der Waals surface area contributed by atoms with E-state index in [-0.39, 0.29) is 11.3 Å². The second kappa shape index (κ2) is 7.92. The summed E-state index contributed by atoms with van der Waals surface area (Å²) in [4.78, 5) is 15.7. The smallest absolute Gasteiger partial charge is 0.339 e. The van der Waals surface area contributed by atoms with Crippen LogP contribution in [-0.2, 0) is 0 Å². The van der Waals surface area contributed by atoms with E-state index < -0.39 is 5.97 Å². The van der Waals surface area contributed by atoms with E-state index >= 15 is 0 Å². The number of carbonyl (C=O) groups is 1. The zero-order valence-electron chi connectivity index (χ0n) is 15.0. The lowest BCUT2D eigenvalue weighted by Gasteiger charge is -2.03. The first kappa shape index (κ1) is 18.9. The molecule has 0 unspecified atom stereocenters. The third kappa shape index (κ3) is 4.21. The molecule has 0 saturated carbocycles. The largest absolute Gasteiger partial charge is 0.507 e. The van der Waals surface area contributed by atoms with E-state index in [2.05, 4.69) is 38.1 Å². The number of benzene rings is 2. The number of anilines is 1. The molecule has 0 bridgehead atoms. The number of phenols is 1. The Morgan fingerprint density at radius 1 is 1.10 bits per heavy atom. The number of carboxylic acid groups (broad SMARTS) is 1. The van der Waals surface area contributed by atoms with E-state index in [4.69, 9.17) is 5.11 Å². The van der Waals surface area contributed by atoms with Crippen molar-refractivity contribution in [2.24, 2.45) is 5.10 Å². The van der Waals surface area contributed by atoms with Crippen molar-refractivity contribution in [3.8, 4) is 17.0 Å². The predicted octanol–water partition coefficient (Wildman–Crippen LogP) is 4.46. The molecule has 2 aromatic carbocycles. The normalized spacial score (nSPS) is 11.2. The third-order valence-corrected chi connectivity index (χ3v) is 4.89. The molecule has 0 radical (unpaired) electrons. The van der Waals surface area contributed by atoms with Gasteiger partial charge >= 0.3 is 5.97 Å². The SMILES string of the molecule is O=C(O)c1cc(/C=N/Nc2ccc(-c3cn4cc(I)ccc4n3)cc2)ccc1O. The highest BCUT2D eigenvalue weighted by Crippen LogP contribution is 2.22. The summed E-state index contributed by atoms with van der Waals surface area (Å²) >= 11 is 2.27. The average molecular weight is 498 g/mol. The second-order valence-corrected chi connectivity index (χ2v) is 7.51. The van der Waals surface area contributed by atoms with Gasteiger partial charge in [-0.1, -0.05) is 12.1 Å². The lowest BCUT2D eigenvalue weighted by Crippen LogP contribution is -1.98. The summed E-state index contributed by atoms with van der Waals surface area (Å²) in [7, 11) is 0. The molecule has 3 N–H and O–H groups in total. The van der Waals surface area contributed by atoms with Crippen LogP contribution >= 0.6 is 22.6 Å². The Kier molecular flexibility index (Phi) is 5.17. The number of rotatable bonds is 5. The molecule has 0 aliphatic carbocycles. The van der Waals surface area contributed by atoms with E-state index in [1.807, 2.05) is 53.2 Å². The number of fused-ring (bicyclic) bond motifs is 1. The van der Waals surface area contributed by atoms with Crippen molar-refractivity contribution < 1.29 is 15.0 Å². The van der Waals surface area contributed by atoms with Gasteiger partial charge in [-0.05, 0) is 70.6 Å². The van der Waals surface area contributed by atoms with E-state index in [0.29, 0.717) is 5.56 Å². The van der Waals surface area contributed by atoms with Crippen molar-refractivity contribution in [3.05, 3.63) is 81.7 Å². The Bertz CT molecular complexity index is 1230. The minimum atomic E-state index is -1.19. The van der Waals surface area contributed by atoms with Crippen LogP contribution in [0.25, 0.3) is 16.9 Å². The Hall–Kier alpha value is -3.40. The summed E-state index contributed by atoms with van der Waals surface area (Å²) in [6.07, 6.45) is 5.50. The van der Waals surface area contributed by atoms with Crippen LogP contribution in [0.3, 0.4) is 0 Å². The first-order valence-corrected chi connectivity index (χ1v) is 9.67. The molecule has 0 aliphatic heterocycles. The molecule has 29 heavy (non-hydrogen) atoms. The fourth-order valence-electron chi connectivity index (χ4n) is 2.81. The molecule has 8 heteroatoms. The lowest BCUT2D eigenvalue weighted by molar-refractivity contribution is 0.0693. The van der Waals surface area contributed by atoms with Gasteiger partial charge in [-0.3, -0.25) is 5.43 Å². The molecule has 144 valence electrons. The van der Waals surface area contributed by atoms with Gasteiger partial charge in [-0.2, -0.15) is 5.10 Å². The molecule has 7 nitrogen and oxygen atoms in total. The predicted molar refractivity (Wildman–Crippen MR) is 120 cm³/mol. The van der Waals surface area contributed by atoms with E-state index in [0.717, 1.165) is 26.2 Å². The van der Waals surface area contributed by atoms with Crippen molar-refractivity contribution in [2.75, 3.05) is 5.43 Å². The van der Waals surface area contributed by atoms with E-state index in [1.165, 1.54) is 18.3 Å². The number of hydrazone groups is 1. The molecule has 2 aromatic heterocycles. The van der Waals surface area contributed by atoms with Gasteiger partial charge in [-0.25, -0.2) is 9.78 Å². The molecule has 0 saturated heterocycles. The van der Waals surface area contributed by atoms with Crippen molar-refractivity contribution in [1.82, 2.24) is 9.38 Å². The summed E-state index contributed by atoms with van der Waals surface area (Å²) < 4.78 is 3.14. The standard InChI is InChI=1S/C21H15IN4O3/c22-15-4-8-20-24-18(12-26(20)11-15)14-2-5-16(6-3-14)25-23-10-13-1-7-19(27)17(9-13)21(28)29/h1-12,25,27H,(H,28,29)/b23-10+. The zero-order chi connectivity index (χ0) is 20.4. The first-order chi connectivity index (χ1) is 14.0. The number of aromatic carboxylic acids is 1. The first-order valence-electron chi connectivity index (χ1n) is 8.60. The summed E-state index contributed by atoms with van der Waals surface area (Å²) in [5.41, 5.74) is 6.83. The number of hydrogen-bond donors (Lipinski definition) is 3. The van der Waals surface area contributed by atoms with Gasteiger partial charge in [0.25, 0.3) is 0 Å². The highest BCUT2D eigenvalue weighted by Gasteiger charge is 2.09. The molecule has 2 heterocycles. The fraction of sp³-hybridized carbons (Fsp3) is 0. The number of pyridine rings is 1. The Morgan fingerprint density at radius 3 is 2.66 bits per heavy atom. The van der Waals surface area contributed by atoms with Gasteiger partial charge < -0.3 is 14.6 Å². The molecule has 4 aromatic rings. The van der Waals surface area contributed by atoms with Gasteiger partial charge in [0.05, 0.1) is 17.6 Å². The molecule has 0 fully saturated rings. The van der Waals surface area contributed by atoms with Crippen molar-refractivity contribution in [3.63, 3.8) is 0 Å². The Morgan fingerprint density at radius 2 is 1.90 bits per heavy atom. The number of carboxylic acids is 1. The average Bonchev–Trinajstić information content (AvgIpc) is 3.12. The summed E-state index contributed by atoms with van der Waals surface area (Å²) in [6.45, 7) is 0. The van der Waals surface area contributed by atoms with Crippen LogP contribution < -0.4 is 5.43 Å². The maximum absolute atomic E-state index is 11.1. The monoisotopic (exact) mass is 498 g/mol. The van der Waals surface area contributed by atoms with Crippen LogP contribution in [0, 0.1) is 3.57 Å². The number of nitrogens with one attached hydrogen (secondary N) is 1. The van der Waals surface area contributed by atoms with Gasteiger partial charge in [-0.15, -0.1) is 0 Å². The number of nitrogens with zero attached hydrogens (tertiary/aromatic N) is 3. The van der Waals surface area contributed by atoms with E-state index in [9.17, 15) is 9.90 Å². The zero-order valence-corrected chi connectivity index (χ0v) is 17.1. The highest BCUT2D eigenvalue weighted by atomic mass is 127. The molecular weight excluding hydrogens is 483 g/mol. The minimum absolute atomic E-state index is 0.166. The molecular formula is C21H15IN4O3. The summed E-state index contributed by atoms with van der Waals surface area (Å²) in [6, 6.07) is 16.0. The van der Waals surface area contributed by atoms with Crippen LogP contribution in [-0.4, -0.2) is 31.8 Å². The number of imidazole rings is 1. The lowest BCUT2D eigenvalue weighted by atomic mass is 10.1. The quantitative estimate of drug-likeness (QED) is 0.215. The second-order valence-electron chi connectivity index (χ2n) is 6.27.